The molecule has 0 aliphatic heterocycles. The third-order valence-corrected chi connectivity index (χ3v) is 2.94. The van der Waals surface area contributed by atoms with Gasteiger partial charge in [-0.05, 0) is 6.07 Å². The molecule has 0 bridgehead atoms. The van der Waals surface area contributed by atoms with Gasteiger partial charge in [0.15, 0.2) is 5.69 Å². The Labute approximate surface area is 117 Å². The van der Waals surface area contributed by atoms with Crippen LogP contribution in [-0.2, 0) is 7.05 Å². The van der Waals surface area contributed by atoms with Crippen LogP contribution in [0.3, 0.4) is 0 Å². The molecule has 0 aliphatic carbocycles. The Morgan fingerprint density at radius 1 is 1.48 bits per heavy atom. The number of rotatable bonds is 3. The molecule has 106 valence electrons. The highest BCUT2D eigenvalue weighted by Gasteiger charge is 2.17. The van der Waals surface area contributed by atoms with E-state index in [9.17, 15) is 14.9 Å². The van der Waals surface area contributed by atoms with Gasteiger partial charge in [-0.3, -0.25) is 24.7 Å². The normalized spacial score (nSPS) is 10.7. The first-order valence-electron chi connectivity index (χ1n) is 5.97. The van der Waals surface area contributed by atoms with Crippen molar-refractivity contribution in [3.63, 3.8) is 0 Å². The number of aryl methyl sites for hydroxylation is 1. The topological polar surface area (TPSA) is 119 Å². The van der Waals surface area contributed by atoms with Gasteiger partial charge in [-0.25, -0.2) is 0 Å². The summed E-state index contributed by atoms with van der Waals surface area (Å²) in [5.74, 6) is -0.463. The highest BCUT2D eigenvalue weighted by molar-refractivity contribution is 6.11. The molecule has 0 aliphatic rings. The number of nitro groups is 1. The molecule has 2 aromatic heterocycles. The van der Waals surface area contributed by atoms with E-state index in [0.717, 1.165) is 0 Å². The molecule has 0 spiro atoms. The maximum atomic E-state index is 12.2. The fraction of sp³-hybridized carbons (Fsp3) is 0.0833. The van der Waals surface area contributed by atoms with E-state index in [1.807, 2.05) is 0 Å². The van der Waals surface area contributed by atoms with E-state index < -0.39 is 10.8 Å². The number of non-ortho nitro benzene ring substituents is 1. The summed E-state index contributed by atoms with van der Waals surface area (Å²) in [5, 5.41) is 24.3. The number of hydrogen-bond donors (Lipinski definition) is 2. The maximum absolute atomic E-state index is 12.2. The molecule has 1 aromatic carbocycles. The lowest BCUT2D eigenvalue weighted by molar-refractivity contribution is -0.384. The first-order valence-corrected chi connectivity index (χ1v) is 5.97. The summed E-state index contributed by atoms with van der Waals surface area (Å²) < 4.78 is 1.54. The summed E-state index contributed by atoms with van der Waals surface area (Å²) in [6.07, 6.45) is 3.13. The number of H-pyrrole nitrogens is 1. The van der Waals surface area contributed by atoms with Gasteiger partial charge in [0.1, 0.15) is 0 Å². The van der Waals surface area contributed by atoms with Crippen molar-refractivity contribution in [3.05, 3.63) is 46.4 Å². The number of anilines is 1. The second-order valence-electron chi connectivity index (χ2n) is 4.42. The van der Waals surface area contributed by atoms with Gasteiger partial charge < -0.3 is 5.32 Å². The Kier molecular flexibility index (Phi) is 2.87. The molecule has 21 heavy (non-hydrogen) atoms. The van der Waals surface area contributed by atoms with E-state index in [2.05, 4.69) is 20.6 Å². The summed E-state index contributed by atoms with van der Waals surface area (Å²) >= 11 is 0. The lowest BCUT2D eigenvalue weighted by atomic mass is 10.2. The molecular formula is C12H10N6O3. The predicted molar refractivity (Wildman–Crippen MR) is 73.9 cm³/mol. The number of nitrogens with zero attached hydrogens (tertiary/aromatic N) is 4. The van der Waals surface area contributed by atoms with E-state index in [1.54, 1.807) is 17.9 Å². The summed E-state index contributed by atoms with van der Waals surface area (Å²) in [5.41, 5.74) is 1.07. The average Bonchev–Trinajstić information content (AvgIpc) is 3.04. The quantitative estimate of drug-likeness (QED) is 0.558. The lowest BCUT2D eigenvalue weighted by Crippen LogP contribution is -2.12. The molecule has 1 amide bonds. The molecule has 0 fully saturated rings. The first kappa shape index (κ1) is 12.8. The second kappa shape index (κ2) is 4.71. The highest BCUT2D eigenvalue weighted by Crippen LogP contribution is 2.22. The van der Waals surface area contributed by atoms with Gasteiger partial charge in [-0.2, -0.15) is 10.2 Å². The van der Waals surface area contributed by atoms with Crippen LogP contribution in [0.1, 0.15) is 10.5 Å². The van der Waals surface area contributed by atoms with Crippen LogP contribution in [-0.4, -0.2) is 30.8 Å². The molecule has 0 saturated heterocycles. The maximum Gasteiger partial charge on any atom is 0.276 e. The van der Waals surface area contributed by atoms with E-state index in [-0.39, 0.29) is 11.4 Å². The Balaban J connectivity index is 1.97. The monoisotopic (exact) mass is 286 g/mol. The van der Waals surface area contributed by atoms with Gasteiger partial charge in [-0.15, -0.1) is 0 Å². The van der Waals surface area contributed by atoms with Crippen molar-refractivity contribution in [1.82, 2.24) is 20.0 Å². The lowest BCUT2D eigenvalue weighted by Gasteiger charge is -1.99. The fourth-order valence-electron chi connectivity index (χ4n) is 1.96. The van der Waals surface area contributed by atoms with Crippen molar-refractivity contribution in [3.8, 4) is 0 Å². The molecule has 0 atom stereocenters. The predicted octanol–water partition coefficient (Wildman–Crippen LogP) is 1.46. The number of aromatic amines is 1. The molecule has 0 radical (unpaired) electrons. The van der Waals surface area contributed by atoms with Crippen molar-refractivity contribution in [2.45, 2.75) is 0 Å². The molecule has 0 saturated carbocycles. The Morgan fingerprint density at radius 3 is 2.95 bits per heavy atom. The minimum atomic E-state index is -0.519. The summed E-state index contributed by atoms with van der Waals surface area (Å²) in [6.45, 7) is 0. The standard InChI is InChI=1S/C12H10N6O3/c1-17-6-7(5-13-17)14-12(19)11-9-4-8(18(20)21)2-3-10(9)15-16-11/h2-6H,1H3,(H,14,19)(H,15,16). The number of carbonyl (C=O) groups is 1. The fourth-order valence-corrected chi connectivity index (χ4v) is 1.96. The number of benzene rings is 1. The van der Waals surface area contributed by atoms with Crippen LogP contribution in [0.4, 0.5) is 11.4 Å². The van der Waals surface area contributed by atoms with E-state index in [0.29, 0.717) is 16.6 Å². The third kappa shape index (κ3) is 2.31. The number of nitrogens with one attached hydrogen (secondary N) is 2. The highest BCUT2D eigenvalue weighted by atomic mass is 16.6. The van der Waals surface area contributed by atoms with E-state index in [4.69, 9.17) is 0 Å². The second-order valence-corrected chi connectivity index (χ2v) is 4.42. The molecule has 9 nitrogen and oxygen atoms in total. The molecule has 2 N–H and O–H groups in total. The van der Waals surface area contributed by atoms with Crippen LogP contribution in [0, 0.1) is 10.1 Å². The number of amides is 1. The Bertz CT molecular complexity index is 850. The zero-order valence-electron chi connectivity index (χ0n) is 10.9. The van der Waals surface area contributed by atoms with Crippen LogP contribution in [0.5, 0.6) is 0 Å². The van der Waals surface area contributed by atoms with E-state index in [1.165, 1.54) is 24.4 Å². The van der Waals surface area contributed by atoms with Gasteiger partial charge in [0.25, 0.3) is 11.6 Å². The Hall–Kier alpha value is -3.23. The zero-order chi connectivity index (χ0) is 15.0. The smallest absolute Gasteiger partial charge is 0.276 e. The summed E-state index contributed by atoms with van der Waals surface area (Å²) in [4.78, 5) is 22.5. The minimum Gasteiger partial charge on any atom is -0.318 e. The average molecular weight is 286 g/mol. The number of aromatic nitrogens is 4. The van der Waals surface area contributed by atoms with Crippen molar-refractivity contribution in [1.29, 1.82) is 0 Å². The van der Waals surface area contributed by atoms with Crippen LogP contribution >= 0.6 is 0 Å². The third-order valence-electron chi connectivity index (χ3n) is 2.94. The number of nitro benzene ring substituents is 1. The summed E-state index contributed by atoms with van der Waals surface area (Å²) in [6, 6.07) is 4.18. The van der Waals surface area contributed by atoms with Gasteiger partial charge in [0, 0.05) is 30.8 Å². The minimum absolute atomic E-state index is 0.0950. The zero-order valence-corrected chi connectivity index (χ0v) is 10.9. The van der Waals surface area contributed by atoms with E-state index >= 15 is 0 Å². The molecule has 0 unspecified atom stereocenters. The molecule has 3 aromatic rings. The molecule has 2 heterocycles. The number of hydrogen-bond acceptors (Lipinski definition) is 5. The van der Waals surface area contributed by atoms with Crippen molar-refractivity contribution in [2.75, 3.05) is 5.32 Å². The van der Waals surface area contributed by atoms with Gasteiger partial charge in [0.2, 0.25) is 0 Å². The van der Waals surface area contributed by atoms with Crippen molar-refractivity contribution >= 4 is 28.2 Å². The van der Waals surface area contributed by atoms with Gasteiger partial charge in [-0.1, -0.05) is 0 Å². The Morgan fingerprint density at radius 2 is 2.29 bits per heavy atom. The number of carbonyl (C=O) groups excluding carboxylic acids is 1. The van der Waals surface area contributed by atoms with Crippen LogP contribution in [0.25, 0.3) is 10.9 Å². The summed E-state index contributed by atoms with van der Waals surface area (Å²) in [7, 11) is 1.73. The molecule has 3 rings (SSSR count). The molecular weight excluding hydrogens is 276 g/mol. The van der Waals surface area contributed by atoms with Crippen molar-refractivity contribution in [2.24, 2.45) is 7.05 Å². The molecule has 9 heteroatoms. The van der Waals surface area contributed by atoms with Crippen molar-refractivity contribution < 1.29 is 9.72 Å². The SMILES string of the molecule is Cn1cc(NC(=O)c2n[nH]c3ccc([N+](=O)[O-])cc23)cn1. The van der Waals surface area contributed by atoms with Gasteiger partial charge >= 0.3 is 0 Å². The van der Waals surface area contributed by atoms with Crippen LogP contribution in [0.15, 0.2) is 30.6 Å². The van der Waals surface area contributed by atoms with Crippen LogP contribution in [0.2, 0.25) is 0 Å². The first-order chi connectivity index (χ1) is 10.0. The largest absolute Gasteiger partial charge is 0.318 e. The van der Waals surface area contributed by atoms with Crippen LogP contribution < -0.4 is 5.32 Å². The number of fused-ring (bicyclic) bond motifs is 1. The van der Waals surface area contributed by atoms with Gasteiger partial charge in [0.05, 0.1) is 22.3 Å².